The van der Waals surface area contributed by atoms with Gasteiger partial charge in [0.2, 0.25) is 5.75 Å². The monoisotopic (exact) mass is 509 g/mol. The van der Waals surface area contributed by atoms with E-state index in [0.717, 1.165) is 47.9 Å². The van der Waals surface area contributed by atoms with Crippen molar-refractivity contribution in [3.05, 3.63) is 70.5 Å². The van der Waals surface area contributed by atoms with E-state index in [1.165, 1.54) is 13.2 Å². The van der Waals surface area contributed by atoms with E-state index in [4.69, 9.17) is 9.47 Å². The van der Waals surface area contributed by atoms with Crippen LogP contribution >= 0.6 is 0 Å². The Labute approximate surface area is 218 Å². The predicted molar refractivity (Wildman–Crippen MR) is 142 cm³/mol. The second-order valence-electron chi connectivity index (χ2n) is 10.5. The van der Waals surface area contributed by atoms with Crippen LogP contribution in [0.1, 0.15) is 73.5 Å². The van der Waals surface area contributed by atoms with Gasteiger partial charge in [-0.3, -0.25) is 0 Å². The van der Waals surface area contributed by atoms with E-state index in [9.17, 15) is 20.4 Å². The maximum Gasteiger partial charge on any atom is 0.200 e. The van der Waals surface area contributed by atoms with E-state index in [0.29, 0.717) is 36.5 Å². The third-order valence-electron chi connectivity index (χ3n) is 7.23. The lowest BCUT2D eigenvalue weighted by Crippen LogP contribution is -2.32. The number of aliphatic hydroxyl groups is 1. The fraction of sp³-hybridized carbons (Fsp3) is 0.467. The highest BCUT2D eigenvalue weighted by Crippen LogP contribution is 2.46. The van der Waals surface area contributed by atoms with Gasteiger partial charge in [-0.25, -0.2) is 0 Å². The lowest BCUT2D eigenvalue weighted by Gasteiger charge is -2.35. The van der Waals surface area contributed by atoms with Gasteiger partial charge in [0.1, 0.15) is 5.75 Å². The average Bonchev–Trinajstić information content (AvgIpc) is 3.38. The number of hydrogen-bond donors (Lipinski definition) is 5. The van der Waals surface area contributed by atoms with Crippen LogP contribution in [-0.2, 0) is 24.0 Å². The van der Waals surface area contributed by atoms with Crippen LogP contribution in [-0.4, -0.2) is 44.7 Å². The van der Waals surface area contributed by atoms with Gasteiger partial charge in [-0.05, 0) is 78.5 Å². The Bertz CT molecular complexity index is 1170. The molecule has 7 nitrogen and oxygen atoms in total. The molecule has 0 spiro atoms. The Balaban J connectivity index is 1.53. The van der Waals surface area contributed by atoms with Crippen molar-refractivity contribution in [2.24, 2.45) is 5.92 Å². The number of aromatic nitrogens is 1. The molecular formula is C30H39NO6. The zero-order valence-corrected chi connectivity index (χ0v) is 21.9. The van der Waals surface area contributed by atoms with Crippen molar-refractivity contribution in [2.45, 2.75) is 77.1 Å². The number of aliphatic hydroxyl groups excluding tert-OH is 1. The number of nitrogens with one attached hydrogen (secondary N) is 1. The maximum absolute atomic E-state index is 10.7. The molecule has 2 heterocycles. The molecule has 5 N–H and O–H groups in total. The molecule has 4 rings (SSSR count). The molecule has 1 fully saturated rings. The first-order valence-corrected chi connectivity index (χ1v) is 13.1. The van der Waals surface area contributed by atoms with Crippen LogP contribution in [0, 0.1) is 5.92 Å². The fourth-order valence-corrected chi connectivity index (χ4v) is 5.20. The smallest absolute Gasteiger partial charge is 0.200 e. The number of aromatic amines is 1. The van der Waals surface area contributed by atoms with E-state index in [2.05, 4.69) is 24.9 Å². The molecule has 37 heavy (non-hydrogen) atoms. The molecule has 3 aromatic rings. The summed E-state index contributed by atoms with van der Waals surface area (Å²) in [6.07, 6.45) is 7.26. The Kier molecular flexibility index (Phi) is 8.67. The van der Waals surface area contributed by atoms with Gasteiger partial charge in [0, 0.05) is 30.8 Å². The molecule has 7 heteroatoms. The van der Waals surface area contributed by atoms with Crippen molar-refractivity contribution < 1.29 is 29.9 Å². The van der Waals surface area contributed by atoms with Crippen molar-refractivity contribution in [1.29, 1.82) is 0 Å². The number of phenols is 3. The summed E-state index contributed by atoms with van der Waals surface area (Å²) in [6.45, 7) is 4.35. The van der Waals surface area contributed by atoms with Gasteiger partial charge in [-0.15, -0.1) is 0 Å². The summed E-state index contributed by atoms with van der Waals surface area (Å²) in [4.78, 5) is 3.04. The van der Waals surface area contributed by atoms with E-state index in [-0.39, 0.29) is 23.4 Å². The third-order valence-corrected chi connectivity index (χ3v) is 7.23. The number of phenolic OH excluding ortho intramolecular Hbond substituents is 3. The molecule has 0 amide bonds. The van der Waals surface area contributed by atoms with Gasteiger partial charge in [0.25, 0.3) is 0 Å². The topological polar surface area (TPSA) is 115 Å². The minimum absolute atomic E-state index is 0.177. The van der Waals surface area contributed by atoms with Crippen molar-refractivity contribution in [3.8, 4) is 23.0 Å². The quantitative estimate of drug-likeness (QED) is 0.230. The summed E-state index contributed by atoms with van der Waals surface area (Å²) in [6, 6.07) is 9.26. The van der Waals surface area contributed by atoms with E-state index >= 15 is 0 Å². The molecule has 1 aliphatic heterocycles. The molecule has 200 valence electrons. The number of rotatable bonds is 10. The van der Waals surface area contributed by atoms with Gasteiger partial charge in [-0.2, -0.15) is 0 Å². The highest BCUT2D eigenvalue weighted by atomic mass is 16.5. The van der Waals surface area contributed by atoms with E-state index in [1.807, 2.05) is 24.5 Å². The number of hydrogen-bond acceptors (Lipinski definition) is 6. The Morgan fingerprint density at radius 3 is 2.54 bits per heavy atom. The second-order valence-corrected chi connectivity index (χ2v) is 10.5. The Morgan fingerprint density at radius 1 is 1.03 bits per heavy atom. The third kappa shape index (κ3) is 6.59. The SMILES string of the molecule is COc1c(O)c(O)cc([C@@H]2C[C@H](O)C[C@H](CCc3ccc(O)c(CCC(C)C)c3)O2)c1Cc1cc[nH]c1. The molecule has 0 bridgehead atoms. The largest absolute Gasteiger partial charge is 0.508 e. The number of methoxy groups -OCH3 is 1. The molecule has 1 saturated heterocycles. The average molecular weight is 510 g/mol. The molecule has 2 aromatic carbocycles. The molecule has 0 unspecified atom stereocenters. The van der Waals surface area contributed by atoms with Crippen LogP contribution in [0.5, 0.6) is 23.0 Å². The van der Waals surface area contributed by atoms with Gasteiger partial charge >= 0.3 is 0 Å². The molecule has 0 radical (unpaired) electrons. The normalized spacial score (nSPS) is 19.9. The first-order chi connectivity index (χ1) is 17.7. The zero-order valence-electron chi connectivity index (χ0n) is 21.9. The van der Waals surface area contributed by atoms with Crippen molar-refractivity contribution >= 4 is 0 Å². The van der Waals surface area contributed by atoms with Gasteiger partial charge in [0.15, 0.2) is 11.5 Å². The highest BCUT2D eigenvalue weighted by molar-refractivity contribution is 5.59. The Morgan fingerprint density at radius 2 is 1.84 bits per heavy atom. The lowest BCUT2D eigenvalue weighted by molar-refractivity contribution is -0.100. The van der Waals surface area contributed by atoms with Crippen LogP contribution in [0.4, 0.5) is 0 Å². The second kappa shape index (κ2) is 11.9. The van der Waals surface area contributed by atoms with Crippen molar-refractivity contribution in [3.63, 3.8) is 0 Å². The molecule has 0 saturated carbocycles. The first-order valence-electron chi connectivity index (χ1n) is 13.1. The number of benzene rings is 2. The van der Waals surface area contributed by atoms with E-state index in [1.54, 1.807) is 6.07 Å². The number of ether oxygens (including phenoxy) is 2. The lowest BCUT2D eigenvalue weighted by atomic mass is 9.89. The zero-order chi connectivity index (χ0) is 26.5. The standard InChI is InChI=1S/C30H39NO6/c1-18(2)4-7-21-12-19(6-9-26(21)33)5-8-23-14-22(32)15-28(37-23)24-16-27(34)29(35)30(36-3)25(24)13-20-10-11-31-17-20/h6,9-12,16-18,22-23,28,31-35H,4-5,7-8,13-15H2,1-3H3/t22-,23+,28+/m1/s1. The number of H-pyrrole nitrogens is 1. The van der Waals surface area contributed by atoms with Gasteiger partial charge < -0.3 is 34.9 Å². The Hall–Kier alpha value is -3.16. The summed E-state index contributed by atoms with van der Waals surface area (Å²) in [5.41, 5.74) is 4.53. The summed E-state index contributed by atoms with van der Waals surface area (Å²) >= 11 is 0. The highest BCUT2D eigenvalue weighted by Gasteiger charge is 2.33. The minimum atomic E-state index is -0.549. The number of aryl methyl sites for hydroxylation is 2. The van der Waals surface area contributed by atoms with Crippen LogP contribution in [0.25, 0.3) is 0 Å². The molecule has 0 aliphatic carbocycles. The predicted octanol–water partition coefficient (Wildman–Crippen LogP) is 5.53. The maximum atomic E-state index is 10.7. The first kappa shape index (κ1) is 26.9. The van der Waals surface area contributed by atoms with Crippen molar-refractivity contribution in [2.75, 3.05) is 7.11 Å². The van der Waals surface area contributed by atoms with Gasteiger partial charge in [-0.1, -0.05) is 26.0 Å². The molecular weight excluding hydrogens is 470 g/mol. The van der Waals surface area contributed by atoms with Crippen LogP contribution in [0.3, 0.4) is 0 Å². The number of aromatic hydroxyl groups is 3. The fourth-order valence-electron chi connectivity index (χ4n) is 5.20. The molecule has 3 atom stereocenters. The van der Waals surface area contributed by atoms with Crippen molar-refractivity contribution in [1.82, 2.24) is 4.98 Å². The summed E-state index contributed by atoms with van der Waals surface area (Å²) in [7, 11) is 1.46. The molecule has 1 aromatic heterocycles. The van der Waals surface area contributed by atoms with Crippen LogP contribution in [0.2, 0.25) is 0 Å². The van der Waals surface area contributed by atoms with Crippen LogP contribution in [0.15, 0.2) is 42.7 Å². The van der Waals surface area contributed by atoms with Crippen LogP contribution < -0.4 is 4.74 Å². The summed E-state index contributed by atoms with van der Waals surface area (Å²) in [5, 5.41) is 41.9. The summed E-state index contributed by atoms with van der Waals surface area (Å²) in [5.74, 6) is 0.546. The summed E-state index contributed by atoms with van der Waals surface area (Å²) < 4.78 is 12.0. The van der Waals surface area contributed by atoms with Gasteiger partial charge in [0.05, 0.1) is 25.4 Å². The van der Waals surface area contributed by atoms with E-state index < -0.39 is 12.2 Å². The minimum Gasteiger partial charge on any atom is -0.508 e. The molecule has 1 aliphatic rings.